The van der Waals surface area contributed by atoms with E-state index in [0.29, 0.717) is 25.7 Å². The summed E-state index contributed by atoms with van der Waals surface area (Å²) in [6, 6.07) is 0. The lowest BCUT2D eigenvalue weighted by atomic mass is 9.99. The van der Waals surface area contributed by atoms with Gasteiger partial charge in [0.25, 0.3) is 0 Å². The Labute approximate surface area is 548 Å². The lowest BCUT2D eigenvalue weighted by molar-refractivity contribution is -0.161. The van der Waals surface area contributed by atoms with E-state index in [1.165, 1.54) is 128 Å². The van der Waals surface area contributed by atoms with Crippen molar-refractivity contribution in [2.75, 3.05) is 39.6 Å². The molecular weight excluding hydrogens is 1190 g/mol. The molecule has 0 amide bonds. The van der Waals surface area contributed by atoms with E-state index in [1.54, 1.807) is 0 Å². The van der Waals surface area contributed by atoms with Crippen LogP contribution in [0.3, 0.4) is 0 Å². The van der Waals surface area contributed by atoms with Gasteiger partial charge in [0.05, 0.1) is 26.4 Å². The number of carbonyl (C=O) groups is 4. The van der Waals surface area contributed by atoms with Crippen LogP contribution in [0.15, 0.2) is 24.3 Å². The molecule has 19 heteroatoms. The molecule has 0 aromatic heterocycles. The third-order valence-corrected chi connectivity index (χ3v) is 18.4. The number of phosphoric ester groups is 2. The molecule has 0 aliphatic carbocycles. The van der Waals surface area contributed by atoms with E-state index in [1.807, 2.05) is 0 Å². The van der Waals surface area contributed by atoms with Crippen LogP contribution in [0.5, 0.6) is 0 Å². The third kappa shape index (κ3) is 61.7. The molecule has 3 N–H and O–H groups in total. The number of rotatable bonds is 67. The molecule has 0 spiro atoms. The maximum atomic E-state index is 13.0. The standard InChI is InChI=1S/C71H134O17P2/c1-8-11-12-13-14-15-16-17-18-19-20-25-32-40-47-54-70(75)87-66(58-81-68(73)52-45-38-30-24-22-21-23-29-36-43-50-63(6)9-2)60-85-89(77,78)83-56-65(72)57-84-90(79,80)86-61-67(88-71(76)55-48-41-34-33-37-44-51-64(7)10-3)59-82-69(74)53-46-39-31-27-26-28-35-42-49-62(4)5/h15-18,62-67,72H,8-14,19-61H2,1-7H3,(H,77,78)(H,79,80)/b16-15-,18-17-/t63?,64?,65?,66-,67-/m1/s1. The van der Waals surface area contributed by atoms with E-state index < -0.39 is 97.5 Å². The summed E-state index contributed by atoms with van der Waals surface area (Å²) in [6.07, 6.45) is 48.0. The Bertz CT molecular complexity index is 1860. The number of esters is 4. The smallest absolute Gasteiger partial charge is 0.462 e. The number of aliphatic hydroxyl groups excluding tert-OH is 1. The van der Waals surface area contributed by atoms with Crippen LogP contribution >= 0.6 is 15.6 Å². The average Bonchev–Trinajstić information content (AvgIpc) is 3.70. The summed E-state index contributed by atoms with van der Waals surface area (Å²) >= 11 is 0. The summed E-state index contributed by atoms with van der Waals surface area (Å²) in [4.78, 5) is 72.5. The lowest BCUT2D eigenvalue weighted by Crippen LogP contribution is -2.30. The number of hydrogen-bond donors (Lipinski definition) is 3. The molecule has 17 nitrogen and oxygen atoms in total. The summed E-state index contributed by atoms with van der Waals surface area (Å²) in [7, 11) is -9.92. The van der Waals surface area contributed by atoms with Gasteiger partial charge in [-0.25, -0.2) is 9.13 Å². The van der Waals surface area contributed by atoms with Gasteiger partial charge in [0.1, 0.15) is 19.3 Å². The SMILES string of the molecule is CCCCCC/C=C\C=C/CCCCCCCC(=O)O[C@H](COC(=O)CCCCCCCCCCCCC(C)CC)COP(=O)(O)OCC(O)COP(=O)(O)OC[C@@H](COC(=O)CCCCCCCCCCC(C)C)OC(=O)CCCCCCCCC(C)CC. The van der Waals surface area contributed by atoms with Gasteiger partial charge < -0.3 is 33.8 Å². The van der Waals surface area contributed by atoms with E-state index in [2.05, 4.69) is 72.8 Å². The zero-order valence-corrected chi connectivity index (χ0v) is 59.9. The van der Waals surface area contributed by atoms with Crippen LogP contribution < -0.4 is 0 Å². The molecule has 0 saturated carbocycles. The molecule has 90 heavy (non-hydrogen) atoms. The van der Waals surface area contributed by atoms with Gasteiger partial charge in [-0.3, -0.25) is 37.3 Å². The minimum absolute atomic E-state index is 0.0843. The van der Waals surface area contributed by atoms with Crippen molar-refractivity contribution >= 4 is 39.5 Å². The first-order chi connectivity index (χ1) is 43.3. The van der Waals surface area contributed by atoms with Gasteiger partial charge in [-0.05, 0) is 69.1 Å². The number of ether oxygens (including phenoxy) is 4. The van der Waals surface area contributed by atoms with Crippen molar-refractivity contribution in [3.8, 4) is 0 Å². The van der Waals surface area contributed by atoms with Crippen LogP contribution in [0.25, 0.3) is 0 Å². The quantitative estimate of drug-likeness (QED) is 0.0169. The summed E-state index contributed by atoms with van der Waals surface area (Å²) in [5.41, 5.74) is 0. The molecule has 7 atom stereocenters. The Morgan fingerprint density at radius 2 is 0.656 bits per heavy atom. The number of aliphatic hydroxyl groups is 1. The molecule has 0 fully saturated rings. The minimum atomic E-state index is -4.96. The van der Waals surface area contributed by atoms with Gasteiger partial charge >= 0.3 is 39.5 Å². The Kier molecular flexibility index (Phi) is 59.7. The zero-order valence-electron chi connectivity index (χ0n) is 58.1. The number of unbranched alkanes of at least 4 members (excludes halogenated alkanes) is 30. The Morgan fingerprint density at radius 1 is 0.367 bits per heavy atom. The fourth-order valence-electron chi connectivity index (χ4n) is 10.1. The molecule has 0 aromatic rings. The van der Waals surface area contributed by atoms with Crippen molar-refractivity contribution < 1.29 is 80.2 Å². The first kappa shape index (κ1) is 87.5. The van der Waals surface area contributed by atoms with Crippen molar-refractivity contribution in [2.24, 2.45) is 17.8 Å². The van der Waals surface area contributed by atoms with E-state index in [-0.39, 0.29) is 25.7 Å². The van der Waals surface area contributed by atoms with Crippen LogP contribution in [0.2, 0.25) is 0 Å². The maximum Gasteiger partial charge on any atom is 0.472 e. The summed E-state index contributed by atoms with van der Waals surface area (Å²) in [5.74, 6) is 0.0909. The maximum absolute atomic E-state index is 13.0. The van der Waals surface area contributed by atoms with Crippen LogP contribution in [0.4, 0.5) is 0 Å². The highest BCUT2D eigenvalue weighted by Gasteiger charge is 2.30. The molecule has 0 heterocycles. The van der Waals surface area contributed by atoms with Gasteiger partial charge in [-0.15, -0.1) is 0 Å². The van der Waals surface area contributed by atoms with Crippen LogP contribution in [-0.2, 0) is 65.4 Å². The highest BCUT2D eigenvalue weighted by molar-refractivity contribution is 7.47. The number of hydrogen-bond acceptors (Lipinski definition) is 15. The second-order valence-electron chi connectivity index (χ2n) is 25.9. The van der Waals surface area contributed by atoms with Crippen molar-refractivity contribution in [1.29, 1.82) is 0 Å². The van der Waals surface area contributed by atoms with E-state index >= 15 is 0 Å². The third-order valence-electron chi connectivity index (χ3n) is 16.5. The van der Waals surface area contributed by atoms with Gasteiger partial charge in [0, 0.05) is 25.7 Å². The van der Waals surface area contributed by atoms with Crippen molar-refractivity contribution in [2.45, 2.75) is 349 Å². The minimum Gasteiger partial charge on any atom is -0.462 e. The lowest BCUT2D eigenvalue weighted by Gasteiger charge is -2.21. The molecule has 0 aliphatic rings. The Balaban J connectivity index is 5.30. The fourth-order valence-corrected chi connectivity index (χ4v) is 11.7. The molecule has 0 aliphatic heterocycles. The fraction of sp³-hybridized carbons (Fsp3) is 0.887. The first-order valence-corrected chi connectivity index (χ1v) is 39.2. The van der Waals surface area contributed by atoms with Crippen molar-refractivity contribution in [3.05, 3.63) is 24.3 Å². The van der Waals surface area contributed by atoms with Crippen molar-refractivity contribution in [1.82, 2.24) is 0 Å². The van der Waals surface area contributed by atoms with Gasteiger partial charge in [0.15, 0.2) is 12.2 Å². The van der Waals surface area contributed by atoms with E-state index in [0.717, 1.165) is 120 Å². The first-order valence-electron chi connectivity index (χ1n) is 36.2. The van der Waals surface area contributed by atoms with E-state index in [4.69, 9.17) is 37.0 Å². The highest BCUT2D eigenvalue weighted by atomic mass is 31.2. The van der Waals surface area contributed by atoms with Crippen molar-refractivity contribution in [3.63, 3.8) is 0 Å². The van der Waals surface area contributed by atoms with Gasteiger partial charge in [0.2, 0.25) is 0 Å². The molecule has 0 rings (SSSR count). The number of carbonyl (C=O) groups excluding carboxylic acids is 4. The average molecular weight is 1320 g/mol. The van der Waals surface area contributed by atoms with Gasteiger partial charge in [-0.2, -0.15) is 0 Å². The number of phosphoric acid groups is 2. The second kappa shape index (κ2) is 61.4. The Morgan fingerprint density at radius 3 is 0.989 bits per heavy atom. The zero-order chi connectivity index (χ0) is 66.6. The largest absolute Gasteiger partial charge is 0.472 e. The normalized spacial score (nSPS) is 15.0. The second-order valence-corrected chi connectivity index (χ2v) is 28.8. The van der Waals surface area contributed by atoms with Crippen LogP contribution in [0, 0.1) is 17.8 Å². The molecule has 0 aromatic carbocycles. The molecule has 0 radical (unpaired) electrons. The van der Waals surface area contributed by atoms with Crippen LogP contribution in [0.1, 0.15) is 331 Å². The number of allylic oxidation sites excluding steroid dienone is 4. The molecule has 5 unspecified atom stereocenters. The highest BCUT2D eigenvalue weighted by Crippen LogP contribution is 2.45. The predicted octanol–water partition coefficient (Wildman–Crippen LogP) is 19.8. The van der Waals surface area contributed by atoms with E-state index in [9.17, 15) is 43.2 Å². The van der Waals surface area contributed by atoms with Crippen LogP contribution in [-0.4, -0.2) is 96.7 Å². The predicted molar refractivity (Wildman–Crippen MR) is 363 cm³/mol. The topological polar surface area (TPSA) is 237 Å². The summed E-state index contributed by atoms with van der Waals surface area (Å²) < 4.78 is 68.2. The Hall–Kier alpha value is -2.46. The monoisotopic (exact) mass is 1320 g/mol. The summed E-state index contributed by atoms with van der Waals surface area (Å²) in [6.45, 7) is 11.7. The summed E-state index contributed by atoms with van der Waals surface area (Å²) in [5, 5.41) is 10.6. The van der Waals surface area contributed by atoms with Gasteiger partial charge in [-0.1, -0.05) is 278 Å². The molecule has 530 valence electrons. The molecule has 0 bridgehead atoms. The molecular formula is C71H134O17P2. The molecule has 0 saturated heterocycles.